The molecular weight excluding hydrogens is 844 g/mol. The number of alkyl halides is 3. The average Bonchev–Trinajstić information content (AvgIpc) is 3.85. The molecule has 1 saturated carbocycles. The van der Waals surface area contributed by atoms with Crippen LogP contribution in [0.25, 0.3) is 11.2 Å². The summed E-state index contributed by atoms with van der Waals surface area (Å²) in [4.78, 5) is 67.6. The Labute approximate surface area is 364 Å². The third kappa shape index (κ3) is 11.9. The molecule has 1 aliphatic heterocycles. The van der Waals surface area contributed by atoms with Gasteiger partial charge in [0.05, 0.1) is 25.5 Å². The number of benzene rings is 2. The number of ether oxygens (including phenoxy) is 1. The smallest absolute Gasteiger partial charge is 0.475 e. The Bertz CT molecular complexity index is 2300. The third-order valence-electron chi connectivity index (χ3n) is 10.7. The minimum absolute atomic E-state index is 0.0184. The summed E-state index contributed by atoms with van der Waals surface area (Å²) in [6, 6.07) is 24.0. The van der Waals surface area contributed by atoms with Gasteiger partial charge in [0.25, 0.3) is 5.91 Å². The molecule has 2 aromatic carbocycles. The highest BCUT2D eigenvalue weighted by atomic mass is 19.4. The van der Waals surface area contributed by atoms with Crippen molar-refractivity contribution < 1.29 is 52.4 Å². The number of halogens is 3. The number of aliphatic carboxylic acids is 1. The standard InChI is InChI=1S/C40H47N11O6.C2HF3O2/c1-57-40(56)47-29-22-30(34(53)33(29)52)51-24-45-32-35(44-23-28(25-10-4-2-5-11-25)26-12-6-3-7-13-26)48-36(49-37(32)51)38(54)42-18-19-43-39(55)46-27-15-20-50(21-16-27)31-14-8-9-17-41-31;3-2(4,5)1(6)7/h2-14,17,24,27-30,33-34,52-53H,15-16,18-23H2,1H3,(H,42,54)(H,47,56)(H2,43,46,55)(H,44,48,49);(H,6,7)/t29-,30+,33+,34-;/m0./s1. The molecule has 0 unspecified atom stereocenters. The lowest BCUT2D eigenvalue weighted by molar-refractivity contribution is -0.192. The number of rotatable bonds is 13. The van der Waals surface area contributed by atoms with Gasteiger partial charge < -0.3 is 56.1 Å². The van der Waals surface area contributed by atoms with E-state index in [1.165, 1.54) is 13.4 Å². The first-order chi connectivity index (χ1) is 30.7. The highest BCUT2D eigenvalue weighted by molar-refractivity contribution is 5.94. The van der Waals surface area contributed by atoms with Gasteiger partial charge in [-0.2, -0.15) is 13.2 Å². The maximum absolute atomic E-state index is 13.6. The van der Waals surface area contributed by atoms with Gasteiger partial charge in [0.15, 0.2) is 11.5 Å². The molecule has 0 radical (unpaired) electrons. The molecule has 4 heterocycles. The first-order valence-electron chi connectivity index (χ1n) is 20.3. The number of carboxylic acid groups (broad SMARTS) is 1. The highest BCUT2D eigenvalue weighted by Gasteiger charge is 2.44. The van der Waals surface area contributed by atoms with Gasteiger partial charge in [-0.15, -0.1) is 0 Å². The lowest BCUT2D eigenvalue weighted by atomic mass is 9.91. The van der Waals surface area contributed by atoms with E-state index in [1.807, 2.05) is 54.6 Å². The number of methoxy groups -OCH3 is 1. The number of hydrogen-bond donors (Lipinski definition) is 8. The summed E-state index contributed by atoms with van der Waals surface area (Å²) in [5.74, 6) is -2.37. The fourth-order valence-corrected chi connectivity index (χ4v) is 7.48. The van der Waals surface area contributed by atoms with Gasteiger partial charge in [0, 0.05) is 50.9 Å². The minimum Gasteiger partial charge on any atom is -0.475 e. The zero-order valence-electron chi connectivity index (χ0n) is 34.5. The molecule has 4 amide bonds. The average molecular weight is 892 g/mol. The van der Waals surface area contributed by atoms with Crippen molar-refractivity contribution in [2.24, 2.45) is 0 Å². The normalized spacial score (nSPS) is 18.7. The first kappa shape index (κ1) is 46.4. The van der Waals surface area contributed by atoms with Crippen LogP contribution in [0.4, 0.5) is 34.4 Å². The van der Waals surface area contributed by atoms with Gasteiger partial charge in [-0.05, 0) is 42.5 Å². The zero-order valence-corrected chi connectivity index (χ0v) is 34.5. The van der Waals surface area contributed by atoms with E-state index in [0.29, 0.717) is 17.9 Å². The maximum Gasteiger partial charge on any atom is 0.490 e. The molecule has 8 N–H and O–H groups in total. The van der Waals surface area contributed by atoms with Crippen LogP contribution in [0.5, 0.6) is 0 Å². The molecule has 22 heteroatoms. The van der Waals surface area contributed by atoms with E-state index in [9.17, 15) is 37.8 Å². The zero-order chi connectivity index (χ0) is 45.8. The molecule has 3 aromatic heterocycles. The number of nitrogens with zero attached hydrogens (tertiary/aromatic N) is 6. The van der Waals surface area contributed by atoms with Crippen molar-refractivity contribution in [3.63, 3.8) is 0 Å². The lowest BCUT2D eigenvalue weighted by Gasteiger charge is -2.33. The van der Waals surface area contributed by atoms with Crippen molar-refractivity contribution in [1.29, 1.82) is 0 Å². The second kappa shape index (κ2) is 21.3. The number of aliphatic hydroxyl groups excluding tert-OH is 2. The van der Waals surface area contributed by atoms with Crippen LogP contribution in [0.15, 0.2) is 91.4 Å². The van der Waals surface area contributed by atoms with E-state index in [0.717, 1.165) is 42.9 Å². The van der Waals surface area contributed by atoms with Crippen LogP contribution >= 0.6 is 0 Å². The summed E-state index contributed by atoms with van der Waals surface area (Å²) in [5.41, 5.74) is 2.74. The molecule has 2 aliphatic rings. The molecule has 7 rings (SSSR count). The number of aromatic nitrogens is 5. The number of urea groups is 1. The summed E-state index contributed by atoms with van der Waals surface area (Å²) in [7, 11) is 1.21. The fraction of sp³-hybridized carbons (Fsp3) is 0.381. The van der Waals surface area contributed by atoms with Crippen LogP contribution in [0.2, 0.25) is 0 Å². The van der Waals surface area contributed by atoms with Crippen molar-refractivity contribution in [1.82, 2.24) is 45.8 Å². The van der Waals surface area contributed by atoms with E-state index in [2.05, 4.69) is 75.7 Å². The van der Waals surface area contributed by atoms with Gasteiger partial charge in [-0.1, -0.05) is 66.7 Å². The Morgan fingerprint density at radius 3 is 2.06 bits per heavy atom. The number of fused-ring (bicyclic) bond motifs is 1. The second-order valence-corrected chi connectivity index (χ2v) is 14.9. The predicted octanol–water partition coefficient (Wildman–Crippen LogP) is 3.19. The van der Waals surface area contributed by atoms with Crippen LogP contribution in [-0.4, -0.2) is 134 Å². The highest BCUT2D eigenvalue weighted by Crippen LogP contribution is 2.35. The van der Waals surface area contributed by atoms with Crippen LogP contribution in [0.3, 0.4) is 0 Å². The number of anilines is 2. The number of carbonyl (C=O) groups is 4. The topological polar surface area (TPSA) is 258 Å². The van der Waals surface area contributed by atoms with E-state index < -0.39 is 48.4 Å². The van der Waals surface area contributed by atoms with Gasteiger partial charge in [0.1, 0.15) is 23.5 Å². The van der Waals surface area contributed by atoms with Crippen LogP contribution in [0, 0.1) is 0 Å². The van der Waals surface area contributed by atoms with E-state index in [1.54, 1.807) is 10.8 Å². The molecule has 0 bridgehead atoms. The Morgan fingerprint density at radius 1 is 0.844 bits per heavy atom. The molecule has 5 aromatic rings. The fourth-order valence-electron chi connectivity index (χ4n) is 7.48. The third-order valence-corrected chi connectivity index (χ3v) is 10.7. The van der Waals surface area contributed by atoms with E-state index in [-0.39, 0.29) is 49.0 Å². The Morgan fingerprint density at radius 2 is 1.47 bits per heavy atom. The number of aliphatic hydroxyl groups is 2. The van der Waals surface area contributed by atoms with E-state index in [4.69, 9.17) is 14.6 Å². The summed E-state index contributed by atoms with van der Waals surface area (Å²) >= 11 is 0. The number of nitrogens with one attached hydrogen (secondary N) is 5. The summed E-state index contributed by atoms with van der Waals surface area (Å²) in [6.45, 7) is 2.22. The van der Waals surface area contributed by atoms with Gasteiger partial charge in [-0.3, -0.25) is 4.79 Å². The van der Waals surface area contributed by atoms with Crippen LogP contribution in [-0.2, 0) is 9.53 Å². The number of piperidine rings is 1. The summed E-state index contributed by atoms with van der Waals surface area (Å²) in [6.07, 6.45) is -3.46. The largest absolute Gasteiger partial charge is 0.490 e. The number of hydrogen-bond acceptors (Lipinski definition) is 13. The molecule has 1 saturated heterocycles. The maximum atomic E-state index is 13.6. The van der Waals surface area contributed by atoms with Crippen molar-refractivity contribution in [3.05, 3.63) is 108 Å². The Hall–Kier alpha value is -7.07. The minimum atomic E-state index is -5.08. The molecule has 4 atom stereocenters. The number of carboxylic acids is 1. The van der Waals surface area contributed by atoms with Crippen molar-refractivity contribution in [3.8, 4) is 0 Å². The molecular formula is C42H48F3N11O8. The Kier molecular flexibility index (Phi) is 15.5. The summed E-state index contributed by atoms with van der Waals surface area (Å²) in [5, 5.41) is 43.6. The van der Waals surface area contributed by atoms with Crippen molar-refractivity contribution >= 4 is 46.8 Å². The molecule has 64 heavy (non-hydrogen) atoms. The molecule has 340 valence electrons. The second-order valence-electron chi connectivity index (χ2n) is 14.9. The number of amides is 4. The molecule has 1 aliphatic carbocycles. The van der Waals surface area contributed by atoms with Crippen LogP contribution in [0.1, 0.15) is 53.0 Å². The van der Waals surface area contributed by atoms with Gasteiger partial charge >= 0.3 is 24.3 Å². The molecule has 2 fully saturated rings. The predicted molar refractivity (Wildman–Crippen MR) is 226 cm³/mol. The number of carbonyl (C=O) groups excluding carboxylic acids is 3. The number of alkyl carbamates (subject to hydrolysis) is 1. The molecule has 0 spiro atoms. The monoisotopic (exact) mass is 891 g/mol. The SMILES string of the molecule is COC(=O)N[C@H]1C[C@@H](n2cnc3c(NCC(c4ccccc4)c4ccccc4)nc(C(=O)NCCNC(=O)NC4CCN(c5ccccn5)CC4)nc32)[C@H](O)[C@@H]1O.O=C(O)C(F)(F)F. The van der Waals surface area contributed by atoms with Crippen molar-refractivity contribution in [2.75, 3.05) is 50.1 Å². The van der Waals surface area contributed by atoms with Crippen LogP contribution < -0.4 is 31.5 Å². The quantitative estimate of drug-likeness (QED) is 0.0791. The van der Waals surface area contributed by atoms with E-state index >= 15 is 0 Å². The van der Waals surface area contributed by atoms with Gasteiger partial charge in [-0.25, -0.2) is 34.3 Å². The molecule has 19 nitrogen and oxygen atoms in total. The lowest BCUT2D eigenvalue weighted by Crippen LogP contribution is -2.49. The Balaban J connectivity index is 0.000000898. The van der Waals surface area contributed by atoms with Gasteiger partial charge in [0.2, 0.25) is 5.82 Å². The van der Waals surface area contributed by atoms with Crippen molar-refractivity contribution in [2.45, 2.75) is 61.7 Å². The first-order valence-corrected chi connectivity index (χ1v) is 20.3. The number of pyridine rings is 1. The summed E-state index contributed by atoms with van der Waals surface area (Å²) < 4.78 is 38.0. The number of imidazole rings is 1.